The Morgan fingerprint density at radius 1 is 1.62 bits per heavy atom. The van der Waals surface area contributed by atoms with Crippen LogP contribution in [0.5, 0.6) is 0 Å². The number of aromatic carboxylic acids is 1. The van der Waals surface area contributed by atoms with Gasteiger partial charge in [0.1, 0.15) is 0 Å². The molecule has 0 radical (unpaired) electrons. The number of hydrogen-bond acceptors (Lipinski definition) is 2. The Morgan fingerprint density at radius 3 is 2.69 bits per heavy atom. The summed E-state index contributed by atoms with van der Waals surface area (Å²) < 4.78 is 0. The number of carboxylic acids is 1. The number of hydrogen-bond donors (Lipinski definition) is 2. The van der Waals surface area contributed by atoms with Crippen LogP contribution in [0.4, 0.5) is 5.69 Å². The molecular formula is C9H6ClNO2. The molecule has 0 fully saturated rings. The van der Waals surface area contributed by atoms with E-state index in [0.29, 0.717) is 5.56 Å². The van der Waals surface area contributed by atoms with Gasteiger partial charge >= 0.3 is 5.97 Å². The zero-order valence-corrected chi connectivity index (χ0v) is 7.30. The summed E-state index contributed by atoms with van der Waals surface area (Å²) in [5.74, 6) is 1.12. The van der Waals surface area contributed by atoms with Crippen molar-refractivity contribution >= 4 is 23.3 Å². The minimum atomic E-state index is -1.14. The SMILES string of the molecule is C#Cc1cc(Cl)cc(C(=O)O)c1N. The van der Waals surface area contributed by atoms with Crippen LogP contribution >= 0.6 is 11.6 Å². The zero-order valence-electron chi connectivity index (χ0n) is 6.54. The first-order chi connectivity index (χ1) is 6.06. The van der Waals surface area contributed by atoms with Crippen molar-refractivity contribution in [1.29, 1.82) is 0 Å². The largest absolute Gasteiger partial charge is 0.478 e. The Hall–Kier alpha value is -1.66. The van der Waals surface area contributed by atoms with Crippen LogP contribution < -0.4 is 5.73 Å². The summed E-state index contributed by atoms with van der Waals surface area (Å²) in [4.78, 5) is 10.6. The molecule has 3 N–H and O–H groups in total. The van der Waals surface area contributed by atoms with Gasteiger partial charge in [0.25, 0.3) is 0 Å². The van der Waals surface area contributed by atoms with Crippen LogP contribution in [-0.2, 0) is 0 Å². The van der Waals surface area contributed by atoms with Crippen molar-refractivity contribution < 1.29 is 9.90 Å². The number of nitrogens with two attached hydrogens (primary N) is 1. The Kier molecular flexibility index (Phi) is 2.45. The highest BCUT2D eigenvalue weighted by atomic mass is 35.5. The predicted molar refractivity (Wildman–Crippen MR) is 50.8 cm³/mol. The number of benzene rings is 1. The maximum absolute atomic E-state index is 10.6. The third-order valence-electron chi connectivity index (χ3n) is 1.53. The molecule has 0 amide bonds. The van der Waals surface area contributed by atoms with Crippen molar-refractivity contribution in [2.45, 2.75) is 0 Å². The lowest BCUT2D eigenvalue weighted by molar-refractivity contribution is 0.0698. The van der Waals surface area contributed by atoms with Crippen LogP contribution in [0.1, 0.15) is 15.9 Å². The molecule has 0 atom stereocenters. The maximum Gasteiger partial charge on any atom is 0.337 e. The van der Waals surface area contributed by atoms with Gasteiger partial charge in [-0.1, -0.05) is 17.5 Å². The molecule has 1 aromatic carbocycles. The zero-order chi connectivity index (χ0) is 10.0. The van der Waals surface area contributed by atoms with E-state index in [9.17, 15) is 4.79 Å². The molecule has 3 nitrogen and oxygen atoms in total. The molecule has 1 aromatic rings. The third-order valence-corrected chi connectivity index (χ3v) is 1.75. The molecule has 0 saturated heterocycles. The second-order valence-corrected chi connectivity index (χ2v) is 2.80. The molecule has 0 unspecified atom stereocenters. The smallest absolute Gasteiger partial charge is 0.337 e. The van der Waals surface area contributed by atoms with Gasteiger partial charge in [-0.25, -0.2) is 4.79 Å². The second kappa shape index (κ2) is 3.38. The van der Waals surface area contributed by atoms with E-state index < -0.39 is 5.97 Å². The van der Waals surface area contributed by atoms with E-state index in [1.54, 1.807) is 0 Å². The second-order valence-electron chi connectivity index (χ2n) is 2.36. The van der Waals surface area contributed by atoms with Crippen molar-refractivity contribution in [3.63, 3.8) is 0 Å². The Labute approximate surface area is 80.1 Å². The van der Waals surface area contributed by atoms with Gasteiger partial charge < -0.3 is 10.8 Å². The van der Waals surface area contributed by atoms with E-state index >= 15 is 0 Å². The quantitative estimate of drug-likeness (QED) is 0.529. The lowest BCUT2D eigenvalue weighted by Crippen LogP contribution is -2.04. The standard InChI is InChI=1S/C9H6ClNO2/c1-2-5-3-6(10)4-7(8(5)11)9(12)13/h1,3-4H,11H2,(H,12,13). The van der Waals surface area contributed by atoms with E-state index in [0.717, 1.165) is 0 Å². The van der Waals surface area contributed by atoms with Crippen LogP contribution in [0, 0.1) is 12.3 Å². The van der Waals surface area contributed by atoms with E-state index in [-0.39, 0.29) is 16.3 Å². The molecule has 0 spiro atoms. The van der Waals surface area contributed by atoms with Crippen LogP contribution in [0.3, 0.4) is 0 Å². The molecule has 0 aliphatic rings. The monoisotopic (exact) mass is 195 g/mol. The van der Waals surface area contributed by atoms with Gasteiger partial charge in [-0.05, 0) is 12.1 Å². The minimum Gasteiger partial charge on any atom is -0.478 e. The van der Waals surface area contributed by atoms with Gasteiger partial charge in [0, 0.05) is 10.6 Å². The van der Waals surface area contributed by atoms with Gasteiger partial charge in [0.05, 0.1) is 11.3 Å². The lowest BCUT2D eigenvalue weighted by Gasteiger charge is -2.03. The fourth-order valence-corrected chi connectivity index (χ4v) is 1.13. The Balaban J connectivity index is 3.47. The van der Waals surface area contributed by atoms with Crippen LogP contribution in [-0.4, -0.2) is 11.1 Å². The number of rotatable bonds is 1. The first-order valence-electron chi connectivity index (χ1n) is 3.35. The topological polar surface area (TPSA) is 63.3 Å². The van der Waals surface area contributed by atoms with Crippen molar-refractivity contribution in [1.82, 2.24) is 0 Å². The lowest BCUT2D eigenvalue weighted by atomic mass is 10.1. The Morgan fingerprint density at radius 2 is 2.23 bits per heavy atom. The number of anilines is 1. The molecule has 13 heavy (non-hydrogen) atoms. The highest BCUT2D eigenvalue weighted by Crippen LogP contribution is 2.22. The van der Waals surface area contributed by atoms with Crippen molar-refractivity contribution in [2.24, 2.45) is 0 Å². The van der Waals surface area contributed by atoms with E-state index in [1.807, 2.05) is 0 Å². The highest BCUT2D eigenvalue weighted by molar-refractivity contribution is 6.31. The summed E-state index contributed by atoms with van der Waals surface area (Å²) in [7, 11) is 0. The summed E-state index contributed by atoms with van der Waals surface area (Å²) in [6.07, 6.45) is 5.11. The molecule has 66 valence electrons. The van der Waals surface area contributed by atoms with Gasteiger partial charge in [-0.2, -0.15) is 0 Å². The summed E-state index contributed by atoms with van der Waals surface area (Å²) in [6.45, 7) is 0. The summed E-state index contributed by atoms with van der Waals surface area (Å²) in [6, 6.07) is 2.71. The molecular weight excluding hydrogens is 190 g/mol. The van der Waals surface area contributed by atoms with E-state index in [1.165, 1.54) is 12.1 Å². The molecule has 0 aromatic heterocycles. The van der Waals surface area contributed by atoms with Crippen molar-refractivity contribution in [3.8, 4) is 12.3 Å². The van der Waals surface area contributed by atoms with Crippen molar-refractivity contribution in [2.75, 3.05) is 5.73 Å². The van der Waals surface area contributed by atoms with Gasteiger partial charge in [-0.3, -0.25) is 0 Å². The summed E-state index contributed by atoms with van der Waals surface area (Å²) in [5.41, 5.74) is 5.78. The normalized spacial score (nSPS) is 9.23. The summed E-state index contributed by atoms with van der Waals surface area (Å²) >= 11 is 5.63. The van der Waals surface area contributed by atoms with Gasteiger partial charge in [-0.15, -0.1) is 6.42 Å². The number of halogens is 1. The van der Waals surface area contributed by atoms with Crippen LogP contribution in [0.2, 0.25) is 5.02 Å². The minimum absolute atomic E-state index is 0.0689. The third kappa shape index (κ3) is 1.74. The molecule has 0 saturated carbocycles. The molecule has 0 bridgehead atoms. The average Bonchev–Trinajstić information content (AvgIpc) is 2.08. The van der Waals surface area contributed by atoms with Gasteiger partial charge in [0.2, 0.25) is 0 Å². The Bertz CT molecular complexity index is 407. The fourth-order valence-electron chi connectivity index (χ4n) is 0.914. The average molecular weight is 196 g/mol. The molecule has 0 aliphatic carbocycles. The van der Waals surface area contributed by atoms with Crippen molar-refractivity contribution in [3.05, 3.63) is 28.3 Å². The number of carboxylic acid groups (broad SMARTS) is 1. The van der Waals surface area contributed by atoms with E-state index in [2.05, 4.69) is 5.92 Å². The number of nitrogen functional groups attached to an aromatic ring is 1. The summed E-state index contributed by atoms with van der Waals surface area (Å²) in [5, 5.41) is 8.97. The van der Waals surface area contributed by atoms with Gasteiger partial charge in [0.15, 0.2) is 0 Å². The van der Waals surface area contributed by atoms with Crippen LogP contribution in [0.25, 0.3) is 0 Å². The van der Waals surface area contributed by atoms with E-state index in [4.69, 9.17) is 28.9 Å². The molecule has 0 aliphatic heterocycles. The molecule has 0 heterocycles. The molecule has 1 rings (SSSR count). The first-order valence-corrected chi connectivity index (χ1v) is 3.73. The number of terminal acetylenes is 1. The fraction of sp³-hybridized carbons (Fsp3) is 0. The predicted octanol–water partition coefficient (Wildman–Crippen LogP) is 1.60. The van der Waals surface area contributed by atoms with Crippen LogP contribution in [0.15, 0.2) is 12.1 Å². The highest BCUT2D eigenvalue weighted by Gasteiger charge is 2.11. The maximum atomic E-state index is 10.6. The molecule has 4 heteroatoms. The first kappa shape index (κ1) is 9.43. The number of carbonyl (C=O) groups is 1.